The van der Waals surface area contributed by atoms with Gasteiger partial charge in [0.1, 0.15) is 0 Å². The number of rotatable bonds is 5. The summed E-state index contributed by atoms with van der Waals surface area (Å²) >= 11 is 3.53. The van der Waals surface area contributed by atoms with Gasteiger partial charge in [-0.2, -0.15) is 11.8 Å². The molecule has 1 aromatic heterocycles. The number of thioether (sulfide) groups is 1. The molecule has 0 bridgehead atoms. The summed E-state index contributed by atoms with van der Waals surface area (Å²) in [6, 6.07) is 0. The van der Waals surface area contributed by atoms with E-state index in [9.17, 15) is 4.79 Å². The van der Waals surface area contributed by atoms with Gasteiger partial charge < -0.3 is 10.1 Å². The smallest absolute Gasteiger partial charge is 0.358 e. The standard InChI is InChI=1S/C12H18N2O2S2/c1-3-16-11(15)10-8(2)18-12(14-10)13-7-9-5-4-6-17-9/h9H,3-7H2,1-2H3,(H,13,14). The number of aromatic nitrogens is 1. The van der Waals surface area contributed by atoms with E-state index in [0.29, 0.717) is 17.6 Å². The Labute approximate surface area is 116 Å². The summed E-state index contributed by atoms with van der Waals surface area (Å²) < 4.78 is 4.97. The topological polar surface area (TPSA) is 51.2 Å². The molecule has 1 aliphatic heterocycles. The first kappa shape index (κ1) is 13.7. The van der Waals surface area contributed by atoms with Gasteiger partial charge in [-0.25, -0.2) is 9.78 Å². The maximum atomic E-state index is 11.6. The molecule has 1 atom stereocenters. The van der Waals surface area contributed by atoms with E-state index in [1.54, 1.807) is 6.92 Å². The normalized spacial score (nSPS) is 18.9. The lowest BCUT2D eigenvalue weighted by Crippen LogP contribution is -2.13. The van der Waals surface area contributed by atoms with Crippen LogP contribution in [0.3, 0.4) is 0 Å². The molecule has 2 rings (SSSR count). The quantitative estimate of drug-likeness (QED) is 0.843. The fourth-order valence-corrected chi connectivity index (χ4v) is 3.88. The second kappa shape index (κ2) is 6.43. The van der Waals surface area contributed by atoms with Gasteiger partial charge in [-0.1, -0.05) is 0 Å². The van der Waals surface area contributed by atoms with Crippen molar-refractivity contribution in [2.75, 3.05) is 24.2 Å². The van der Waals surface area contributed by atoms with Gasteiger partial charge in [0.25, 0.3) is 0 Å². The Hall–Kier alpha value is -0.750. The van der Waals surface area contributed by atoms with Gasteiger partial charge >= 0.3 is 5.97 Å². The third-order valence-electron chi connectivity index (χ3n) is 2.77. The van der Waals surface area contributed by atoms with Crippen LogP contribution in [0, 0.1) is 6.92 Å². The van der Waals surface area contributed by atoms with Gasteiger partial charge in [0.05, 0.1) is 6.61 Å². The maximum Gasteiger partial charge on any atom is 0.358 e. The lowest BCUT2D eigenvalue weighted by molar-refractivity contribution is 0.0519. The number of aryl methyl sites for hydroxylation is 1. The maximum absolute atomic E-state index is 11.6. The molecule has 0 aliphatic carbocycles. The number of hydrogen-bond donors (Lipinski definition) is 1. The number of anilines is 1. The number of carbonyl (C=O) groups excluding carboxylic acids is 1. The van der Waals surface area contributed by atoms with Crippen LogP contribution in [0.5, 0.6) is 0 Å². The van der Waals surface area contributed by atoms with Crippen LogP contribution in [0.2, 0.25) is 0 Å². The van der Waals surface area contributed by atoms with Crippen LogP contribution in [-0.4, -0.2) is 35.1 Å². The molecule has 1 fully saturated rings. The van der Waals surface area contributed by atoms with Gasteiger partial charge in [0, 0.05) is 16.7 Å². The summed E-state index contributed by atoms with van der Waals surface area (Å²) in [5, 5.41) is 4.83. The molecule has 1 aliphatic rings. The number of nitrogens with zero attached hydrogens (tertiary/aromatic N) is 1. The summed E-state index contributed by atoms with van der Waals surface area (Å²) in [4.78, 5) is 16.9. The van der Waals surface area contributed by atoms with Crippen molar-refractivity contribution < 1.29 is 9.53 Å². The Morgan fingerprint density at radius 3 is 3.11 bits per heavy atom. The number of thiazole rings is 1. The van der Waals surface area contributed by atoms with Crippen molar-refractivity contribution in [2.24, 2.45) is 0 Å². The first-order chi connectivity index (χ1) is 8.70. The zero-order valence-electron chi connectivity index (χ0n) is 10.7. The molecular weight excluding hydrogens is 268 g/mol. The molecule has 18 heavy (non-hydrogen) atoms. The van der Waals surface area contributed by atoms with Crippen molar-refractivity contribution in [1.82, 2.24) is 4.98 Å². The van der Waals surface area contributed by atoms with Crippen molar-refractivity contribution in [2.45, 2.75) is 31.9 Å². The summed E-state index contributed by atoms with van der Waals surface area (Å²) in [5.41, 5.74) is 0.448. The second-order valence-corrected chi connectivity index (χ2v) is 6.77. The fourth-order valence-electron chi connectivity index (χ4n) is 1.87. The average molecular weight is 286 g/mol. The molecule has 6 heteroatoms. The van der Waals surface area contributed by atoms with Gasteiger partial charge in [-0.05, 0) is 32.4 Å². The van der Waals surface area contributed by atoms with Crippen LogP contribution in [0.4, 0.5) is 5.13 Å². The van der Waals surface area contributed by atoms with Crippen molar-refractivity contribution in [1.29, 1.82) is 0 Å². The molecular formula is C12H18N2O2S2. The minimum Gasteiger partial charge on any atom is -0.461 e. The Kier molecular flexibility index (Phi) is 4.88. The third kappa shape index (κ3) is 3.38. The minimum atomic E-state index is -0.324. The van der Waals surface area contributed by atoms with E-state index in [0.717, 1.165) is 16.6 Å². The summed E-state index contributed by atoms with van der Waals surface area (Å²) in [6.07, 6.45) is 2.58. The highest BCUT2D eigenvalue weighted by molar-refractivity contribution is 8.00. The zero-order chi connectivity index (χ0) is 13.0. The van der Waals surface area contributed by atoms with Crippen molar-refractivity contribution in [3.8, 4) is 0 Å². The van der Waals surface area contributed by atoms with Crippen LogP contribution in [0.1, 0.15) is 35.1 Å². The molecule has 1 unspecified atom stereocenters. The lowest BCUT2D eigenvalue weighted by Gasteiger charge is -2.08. The predicted octanol–water partition coefficient (Wildman–Crippen LogP) is 2.94. The Morgan fingerprint density at radius 2 is 2.44 bits per heavy atom. The Morgan fingerprint density at radius 1 is 1.61 bits per heavy atom. The van der Waals surface area contributed by atoms with Gasteiger partial charge in [-0.3, -0.25) is 0 Å². The van der Waals surface area contributed by atoms with Crippen LogP contribution in [0.25, 0.3) is 0 Å². The van der Waals surface area contributed by atoms with Crippen molar-refractivity contribution >= 4 is 34.2 Å². The number of ether oxygens (including phenoxy) is 1. The minimum absolute atomic E-state index is 0.324. The second-order valence-electron chi connectivity index (χ2n) is 4.16. The molecule has 1 N–H and O–H groups in total. The molecule has 0 spiro atoms. The number of nitrogens with one attached hydrogen (secondary N) is 1. The van der Waals surface area contributed by atoms with E-state index in [4.69, 9.17) is 4.74 Å². The fraction of sp³-hybridized carbons (Fsp3) is 0.667. The number of esters is 1. The first-order valence-electron chi connectivity index (χ1n) is 6.20. The Bertz CT molecular complexity index is 414. The highest BCUT2D eigenvalue weighted by atomic mass is 32.2. The average Bonchev–Trinajstić information content (AvgIpc) is 2.96. The van der Waals surface area contributed by atoms with Crippen molar-refractivity contribution in [3.05, 3.63) is 10.6 Å². The largest absolute Gasteiger partial charge is 0.461 e. The molecule has 0 aromatic carbocycles. The van der Waals surface area contributed by atoms with Gasteiger partial charge in [0.2, 0.25) is 0 Å². The van der Waals surface area contributed by atoms with E-state index >= 15 is 0 Å². The molecule has 1 aromatic rings. The molecule has 1 saturated heterocycles. The van der Waals surface area contributed by atoms with Crippen LogP contribution < -0.4 is 5.32 Å². The monoisotopic (exact) mass is 286 g/mol. The van der Waals surface area contributed by atoms with Crippen molar-refractivity contribution in [3.63, 3.8) is 0 Å². The summed E-state index contributed by atoms with van der Waals surface area (Å²) in [5.74, 6) is 0.937. The number of hydrogen-bond acceptors (Lipinski definition) is 6. The molecule has 0 amide bonds. The lowest BCUT2D eigenvalue weighted by atomic mass is 10.2. The van der Waals surface area contributed by atoms with Gasteiger partial charge in [-0.15, -0.1) is 11.3 Å². The number of carbonyl (C=O) groups is 1. The van der Waals surface area contributed by atoms with Crippen LogP contribution in [0.15, 0.2) is 0 Å². The van der Waals surface area contributed by atoms with E-state index in [1.807, 2.05) is 18.7 Å². The van der Waals surface area contributed by atoms with Crippen LogP contribution >= 0.6 is 23.1 Å². The highest BCUT2D eigenvalue weighted by Gasteiger charge is 2.18. The summed E-state index contributed by atoms with van der Waals surface area (Å²) in [6.45, 7) is 5.02. The summed E-state index contributed by atoms with van der Waals surface area (Å²) in [7, 11) is 0. The molecule has 2 heterocycles. The first-order valence-corrected chi connectivity index (χ1v) is 8.07. The van der Waals surface area contributed by atoms with E-state index in [2.05, 4.69) is 10.3 Å². The van der Waals surface area contributed by atoms with Crippen LogP contribution in [-0.2, 0) is 4.74 Å². The van der Waals surface area contributed by atoms with E-state index in [1.165, 1.54) is 29.9 Å². The SMILES string of the molecule is CCOC(=O)c1nc(NCC2CCCS2)sc1C. The zero-order valence-corrected chi connectivity index (χ0v) is 12.3. The Balaban J connectivity index is 1.93. The molecule has 0 radical (unpaired) electrons. The third-order valence-corrected chi connectivity index (χ3v) is 5.10. The molecule has 4 nitrogen and oxygen atoms in total. The van der Waals surface area contributed by atoms with E-state index in [-0.39, 0.29) is 5.97 Å². The van der Waals surface area contributed by atoms with E-state index < -0.39 is 0 Å². The highest BCUT2D eigenvalue weighted by Crippen LogP contribution is 2.28. The molecule has 100 valence electrons. The molecule has 0 saturated carbocycles. The van der Waals surface area contributed by atoms with Gasteiger partial charge in [0.15, 0.2) is 10.8 Å². The predicted molar refractivity (Wildman–Crippen MR) is 76.8 cm³/mol.